The number of rotatable bonds is 4. The number of aromatic amines is 1. The predicted molar refractivity (Wildman–Crippen MR) is 54.7 cm³/mol. The van der Waals surface area contributed by atoms with Gasteiger partial charge in [0.1, 0.15) is 0 Å². The molecule has 0 fully saturated rings. The van der Waals surface area contributed by atoms with Crippen LogP contribution in [0, 0.1) is 0 Å². The molecule has 0 saturated heterocycles. The highest BCUT2D eigenvalue weighted by atomic mass is 32.2. The highest BCUT2D eigenvalue weighted by molar-refractivity contribution is 7.89. The minimum absolute atomic E-state index is 0.0222. The molecule has 1 aromatic heterocycles. The number of hydrogen-bond acceptors (Lipinski definition) is 4. The number of hydrogen-bond donors (Lipinski definition) is 2. The van der Waals surface area contributed by atoms with Crippen molar-refractivity contribution < 1.29 is 13.5 Å². The lowest BCUT2D eigenvalue weighted by molar-refractivity contribution is 0.0639. The SMILES string of the molecule is CN(CC(C)(C)O)S(=O)(=O)c1cnc[nH]1. The second-order valence-corrected chi connectivity index (χ2v) is 6.00. The van der Waals surface area contributed by atoms with Crippen LogP contribution in [0.3, 0.4) is 0 Å². The highest BCUT2D eigenvalue weighted by Gasteiger charge is 2.27. The topological polar surface area (TPSA) is 86.3 Å². The van der Waals surface area contributed by atoms with Gasteiger partial charge in [-0.05, 0) is 13.8 Å². The smallest absolute Gasteiger partial charge is 0.259 e. The average molecular weight is 233 g/mol. The zero-order valence-electron chi connectivity index (χ0n) is 8.93. The van der Waals surface area contributed by atoms with Crippen molar-refractivity contribution in [2.24, 2.45) is 0 Å². The van der Waals surface area contributed by atoms with Gasteiger partial charge in [-0.1, -0.05) is 0 Å². The summed E-state index contributed by atoms with van der Waals surface area (Å²) in [5, 5.41) is 9.54. The maximum Gasteiger partial charge on any atom is 0.259 e. The third-order valence-electron chi connectivity index (χ3n) is 1.77. The minimum atomic E-state index is -3.57. The first kappa shape index (κ1) is 12.2. The van der Waals surface area contributed by atoms with Gasteiger partial charge in [-0.15, -0.1) is 0 Å². The molecule has 0 atom stereocenters. The fourth-order valence-electron chi connectivity index (χ4n) is 1.18. The molecule has 0 saturated carbocycles. The number of likely N-dealkylation sites (N-methyl/N-ethyl adjacent to an activating group) is 1. The van der Waals surface area contributed by atoms with Gasteiger partial charge in [0.25, 0.3) is 10.0 Å². The van der Waals surface area contributed by atoms with E-state index >= 15 is 0 Å². The maximum absolute atomic E-state index is 11.8. The van der Waals surface area contributed by atoms with Crippen molar-refractivity contribution >= 4 is 10.0 Å². The molecule has 0 aliphatic carbocycles. The molecule has 0 aromatic carbocycles. The number of aliphatic hydroxyl groups is 1. The molecular formula is C8H15N3O3S. The van der Waals surface area contributed by atoms with E-state index in [1.807, 2.05) is 0 Å². The van der Waals surface area contributed by atoms with Gasteiger partial charge < -0.3 is 10.1 Å². The van der Waals surface area contributed by atoms with Crippen LogP contribution in [-0.4, -0.2) is 47.0 Å². The Morgan fingerprint density at radius 3 is 2.60 bits per heavy atom. The van der Waals surface area contributed by atoms with E-state index in [1.54, 1.807) is 13.8 Å². The molecule has 2 N–H and O–H groups in total. The van der Waals surface area contributed by atoms with Gasteiger partial charge >= 0.3 is 0 Å². The standard InChI is InChI=1S/C8H15N3O3S/c1-8(2,12)5-11(3)15(13,14)7-4-9-6-10-7/h4,6,12H,5H2,1-3H3,(H,9,10). The highest BCUT2D eigenvalue weighted by Crippen LogP contribution is 2.13. The van der Waals surface area contributed by atoms with Gasteiger partial charge in [-0.2, -0.15) is 4.31 Å². The molecule has 0 radical (unpaired) electrons. The Morgan fingerprint density at radius 1 is 1.60 bits per heavy atom. The van der Waals surface area contributed by atoms with E-state index in [2.05, 4.69) is 9.97 Å². The zero-order valence-corrected chi connectivity index (χ0v) is 9.74. The maximum atomic E-state index is 11.8. The molecule has 86 valence electrons. The molecule has 0 unspecified atom stereocenters. The van der Waals surface area contributed by atoms with Gasteiger partial charge in [-0.25, -0.2) is 13.4 Å². The monoisotopic (exact) mass is 233 g/mol. The summed E-state index contributed by atoms with van der Waals surface area (Å²) in [7, 11) is -2.16. The van der Waals surface area contributed by atoms with Crippen molar-refractivity contribution in [1.29, 1.82) is 0 Å². The summed E-state index contributed by atoms with van der Waals surface area (Å²) in [6.07, 6.45) is 2.53. The average Bonchev–Trinajstić information content (AvgIpc) is 2.52. The third kappa shape index (κ3) is 3.01. The molecule has 0 amide bonds. The van der Waals surface area contributed by atoms with Crippen LogP contribution in [0.15, 0.2) is 17.6 Å². The lowest BCUT2D eigenvalue weighted by atomic mass is 10.1. The summed E-state index contributed by atoms with van der Waals surface area (Å²) < 4.78 is 24.7. The van der Waals surface area contributed by atoms with Gasteiger partial charge in [0, 0.05) is 13.6 Å². The summed E-state index contributed by atoms with van der Waals surface area (Å²) in [6.45, 7) is 3.12. The zero-order chi connectivity index (χ0) is 11.7. The Labute approximate surface area is 89.0 Å². The van der Waals surface area contributed by atoms with Crippen LogP contribution in [-0.2, 0) is 10.0 Å². The first-order valence-electron chi connectivity index (χ1n) is 4.40. The van der Waals surface area contributed by atoms with Crippen LogP contribution < -0.4 is 0 Å². The van der Waals surface area contributed by atoms with Crippen LogP contribution in [0.25, 0.3) is 0 Å². The van der Waals surface area contributed by atoms with Gasteiger partial charge in [0.2, 0.25) is 0 Å². The van der Waals surface area contributed by atoms with Crippen LogP contribution in [0.1, 0.15) is 13.8 Å². The Bertz CT molecular complexity index is 405. The van der Waals surface area contributed by atoms with E-state index in [1.165, 1.54) is 19.6 Å². The molecule has 0 spiro atoms. The Balaban J connectivity index is 2.89. The van der Waals surface area contributed by atoms with Crippen molar-refractivity contribution in [3.63, 3.8) is 0 Å². The summed E-state index contributed by atoms with van der Waals surface area (Å²) in [4.78, 5) is 6.17. The first-order chi connectivity index (χ1) is 6.73. The molecule has 1 heterocycles. The predicted octanol–water partition coefficient (Wildman–Crippen LogP) is -0.199. The number of aromatic nitrogens is 2. The second kappa shape index (κ2) is 3.92. The van der Waals surface area contributed by atoms with E-state index in [9.17, 15) is 13.5 Å². The lowest BCUT2D eigenvalue weighted by Gasteiger charge is -2.24. The number of H-pyrrole nitrogens is 1. The van der Waals surface area contributed by atoms with E-state index in [4.69, 9.17) is 0 Å². The van der Waals surface area contributed by atoms with Gasteiger partial charge in [-0.3, -0.25) is 0 Å². The first-order valence-corrected chi connectivity index (χ1v) is 5.84. The summed E-state index contributed by atoms with van der Waals surface area (Å²) in [6, 6.07) is 0. The van der Waals surface area contributed by atoms with Crippen LogP contribution in [0.4, 0.5) is 0 Å². The molecule has 6 nitrogen and oxygen atoms in total. The molecule has 15 heavy (non-hydrogen) atoms. The van der Waals surface area contributed by atoms with Crippen molar-refractivity contribution in [2.75, 3.05) is 13.6 Å². The number of imidazole rings is 1. The van der Waals surface area contributed by atoms with Crippen LogP contribution in [0.2, 0.25) is 0 Å². The number of nitrogens with zero attached hydrogens (tertiary/aromatic N) is 2. The summed E-state index contributed by atoms with van der Waals surface area (Å²) in [5.41, 5.74) is -1.07. The second-order valence-electron chi connectivity index (χ2n) is 3.99. The summed E-state index contributed by atoms with van der Waals surface area (Å²) >= 11 is 0. The van der Waals surface area contributed by atoms with Crippen LogP contribution in [0.5, 0.6) is 0 Å². The molecule has 1 rings (SSSR count). The van der Waals surface area contributed by atoms with Crippen LogP contribution >= 0.6 is 0 Å². The normalized spacial score (nSPS) is 13.4. The van der Waals surface area contributed by atoms with Crippen molar-refractivity contribution in [3.05, 3.63) is 12.5 Å². The lowest BCUT2D eigenvalue weighted by Crippen LogP contribution is -2.39. The molecule has 0 bridgehead atoms. The van der Waals surface area contributed by atoms with E-state index in [-0.39, 0.29) is 11.6 Å². The van der Waals surface area contributed by atoms with Gasteiger partial charge in [0.05, 0.1) is 18.1 Å². The molecule has 0 aliphatic rings. The number of nitrogens with one attached hydrogen (secondary N) is 1. The van der Waals surface area contributed by atoms with Crippen molar-refractivity contribution in [2.45, 2.75) is 24.5 Å². The van der Waals surface area contributed by atoms with Crippen molar-refractivity contribution in [3.8, 4) is 0 Å². The Morgan fingerprint density at radius 2 is 2.20 bits per heavy atom. The van der Waals surface area contributed by atoms with Gasteiger partial charge in [0.15, 0.2) is 5.03 Å². The fraction of sp³-hybridized carbons (Fsp3) is 0.625. The fourth-order valence-corrected chi connectivity index (χ4v) is 2.40. The summed E-state index contributed by atoms with van der Waals surface area (Å²) in [5.74, 6) is 0. The van der Waals surface area contributed by atoms with E-state index < -0.39 is 15.6 Å². The number of sulfonamides is 1. The quantitative estimate of drug-likeness (QED) is 0.754. The van der Waals surface area contributed by atoms with E-state index in [0.29, 0.717) is 0 Å². The Hall–Kier alpha value is -0.920. The molecular weight excluding hydrogens is 218 g/mol. The Kier molecular flexibility index (Phi) is 3.17. The third-order valence-corrected chi connectivity index (χ3v) is 3.50. The van der Waals surface area contributed by atoms with E-state index in [0.717, 1.165) is 4.31 Å². The molecule has 1 aromatic rings. The minimum Gasteiger partial charge on any atom is -0.389 e. The molecule has 7 heteroatoms. The largest absolute Gasteiger partial charge is 0.389 e. The molecule has 0 aliphatic heterocycles. The van der Waals surface area contributed by atoms with Crippen molar-refractivity contribution in [1.82, 2.24) is 14.3 Å².